The van der Waals surface area contributed by atoms with E-state index in [2.05, 4.69) is 37.3 Å². The van der Waals surface area contributed by atoms with E-state index in [1.807, 2.05) is 0 Å². The predicted molar refractivity (Wildman–Crippen MR) is 71.5 cm³/mol. The lowest BCUT2D eigenvalue weighted by molar-refractivity contribution is -0.142. The molecule has 0 amide bonds. The Morgan fingerprint density at radius 1 is 1.39 bits per heavy atom. The van der Waals surface area contributed by atoms with E-state index in [-0.39, 0.29) is 5.97 Å². The lowest BCUT2D eigenvalue weighted by Crippen LogP contribution is -1.99. The molecule has 3 rings (SSSR count). The largest absolute Gasteiger partial charge is 0.461 e. The van der Waals surface area contributed by atoms with Crippen molar-refractivity contribution >= 4 is 16.7 Å². The summed E-state index contributed by atoms with van der Waals surface area (Å²) in [6.45, 7) is 4.07. The third-order valence-corrected chi connectivity index (χ3v) is 3.65. The molecule has 1 unspecified atom stereocenters. The minimum absolute atomic E-state index is 0.228. The minimum Gasteiger partial charge on any atom is -0.461 e. The van der Waals surface area contributed by atoms with Gasteiger partial charge in [0.25, 0.3) is 0 Å². The van der Waals surface area contributed by atoms with E-state index in [9.17, 15) is 4.79 Å². The van der Waals surface area contributed by atoms with Gasteiger partial charge in [0.05, 0.1) is 0 Å². The van der Waals surface area contributed by atoms with Crippen molar-refractivity contribution in [2.45, 2.75) is 32.8 Å². The second kappa shape index (κ2) is 4.13. The van der Waals surface area contributed by atoms with Crippen molar-refractivity contribution in [2.75, 3.05) is 0 Å². The molecule has 2 aromatic carbocycles. The number of carbonyl (C=O) groups is 1. The zero-order valence-corrected chi connectivity index (χ0v) is 10.7. The number of carbonyl (C=O) groups excluding carboxylic acids is 1. The zero-order chi connectivity index (χ0) is 12.7. The van der Waals surface area contributed by atoms with E-state index in [1.165, 1.54) is 28.8 Å². The topological polar surface area (TPSA) is 26.3 Å². The van der Waals surface area contributed by atoms with Gasteiger partial charge in [0, 0.05) is 6.92 Å². The molecule has 0 radical (unpaired) electrons. The van der Waals surface area contributed by atoms with Crippen LogP contribution in [0.1, 0.15) is 36.5 Å². The van der Waals surface area contributed by atoms with E-state index in [4.69, 9.17) is 4.74 Å². The molecule has 2 aromatic rings. The van der Waals surface area contributed by atoms with Crippen LogP contribution < -0.4 is 0 Å². The molecule has 18 heavy (non-hydrogen) atoms. The standard InChI is InChI=1S/C16H16O2/c1-10-6-13-4-3-5-14-7-12(9-18-11(2)17)8-15(10)16(13)14/h3-5,7-8,10H,6,9H2,1-2H3. The van der Waals surface area contributed by atoms with Crippen molar-refractivity contribution in [3.8, 4) is 0 Å². The van der Waals surface area contributed by atoms with Crippen molar-refractivity contribution in [1.29, 1.82) is 0 Å². The maximum atomic E-state index is 10.9. The van der Waals surface area contributed by atoms with Crippen molar-refractivity contribution < 1.29 is 9.53 Å². The Kier molecular flexibility index (Phi) is 2.58. The number of rotatable bonds is 2. The van der Waals surface area contributed by atoms with Crippen LogP contribution in [0.2, 0.25) is 0 Å². The molecule has 0 fully saturated rings. The summed E-state index contributed by atoms with van der Waals surface area (Å²) in [5.41, 5.74) is 3.91. The van der Waals surface area contributed by atoms with E-state index >= 15 is 0 Å². The highest BCUT2D eigenvalue weighted by atomic mass is 16.5. The van der Waals surface area contributed by atoms with Gasteiger partial charge in [0.2, 0.25) is 0 Å². The van der Waals surface area contributed by atoms with Gasteiger partial charge < -0.3 is 4.74 Å². The van der Waals surface area contributed by atoms with Crippen LogP contribution in [0.3, 0.4) is 0 Å². The molecule has 0 aromatic heterocycles. The smallest absolute Gasteiger partial charge is 0.302 e. The van der Waals surface area contributed by atoms with E-state index in [0.717, 1.165) is 12.0 Å². The lowest BCUT2D eigenvalue weighted by atomic mass is 9.99. The Labute approximate surface area is 107 Å². The Bertz CT molecular complexity index is 628. The number of ether oxygens (including phenoxy) is 1. The van der Waals surface area contributed by atoms with Crippen LogP contribution in [0.15, 0.2) is 30.3 Å². The highest BCUT2D eigenvalue weighted by Crippen LogP contribution is 2.38. The fourth-order valence-corrected chi connectivity index (χ4v) is 2.87. The molecule has 92 valence electrons. The Balaban J connectivity index is 2.09. The lowest BCUT2D eigenvalue weighted by Gasteiger charge is -2.09. The predicted octanol–water partition coefficient (Wildman–Crippen LogP) is 3.56. The summed E-state index contributed by atoms with van der Waals surface area (Å²) in [6, 6.07) is 10.8. The maximum Gasteiger partial charge on any atom is 0.302 e. The summed E-state index contributed by atoms with van der Waals surface area (Å²) in [4.78, 5) is 10.9. The van der Waals surface area contributed by atoms with Crippen LogP contribution in [-0.2, 0) is 22.6 Å². The molecular formula is C16H16O2. The van der Waals surface area contributed by atoms with Gasteiger partial charge in [-0.05, 0) is 45.9 Å². The van der Waals surface area contributed by atoms with Gasteiger partial charge in [-0.3, -0.25) is 4.79 Å². The molecule has 1 atom stereocenters. The molecule has 2 heteroatoms. The molecule has 0 N–H and O–H groups in total. The Morgan fingerprint density at radius 3 is 3.00 bits per heavy atom. The van der Waals surface area contributed by atoms with Crippen LogP contribution >= 0.6 is 0 Å². The average molecular weight is 240 g/mol. The first kappa shape index (κ1) is 11.3. The molecule has 0 spiro atoms. The molecule has 1 aliphatic carbocycles. The Hall–Kier alpha value is -1.83. The number of benzene rings is 2. The molecule has 2 nitrogen and oxygen atoms in total. The summed E-state index contributed by atoms with van der Waals surface area (Å²) in [5, 5.41) is 2.66. The fourth-order valence-electron chi connectivity index (χ4n) is 2.87. The third kappa shape index (κ3) is 1.78. The van der Waals surface area contributed by atoms with Gasteiger partial charge in [-0.15, -0.1) is 0 Å². The van der Waals surface area contributed by atoms with Gasteiger partial charge in [0.15, 0.2) is 0 Å². The van der Waals surface area contributed by atoms with Gasteiger partial charge in [-0.1, -0.05) is 31.2 Å². The number of hydrogen-bond donors (Lipinski definition) is 0. The second-order valence-electron chi connectivity index (χ2n) is 5.09. The van der Waals surface area contributed by atoms with Gasteiger partial charge >= 0.3 is 5.97 Å². The number of hydrogen-bond acceptors (Lipinski definition) is 2. The van der Waals surface area contributed by atoms with Gasteiger partial charge in [-0.2, -0.15) is 0 Å². The first-order valence-corrected chi connectivity index (χ1v) is 6.33. The minimum atomic E-state index is -0.228. The fraction of sp³-hybridized carbons (Fsp3) is 0.312. The maximum absolute atomic E-state index is 10.9. The van der Waals surface area contributed by atoms with Gasteiger partial charge in [-0.25, -0.2) is 0 Å². The van der Waals surface area contributed by atoms with E-state index in [0.29, 0.717) is 12.5 Å². The van der Waals surface area contributed by atoms with Crippen molar-refractivity contribution in [1.82, 2.24) is 0 Å². The zero-order valence-electron chi connectivity index (χ0n) is 10.7. The van der Waals surface area contributed by atoms with E-state index in [1.54, 1.807) is 0 Å². The highest BCUT2D eigenvalue weighted by molar-refractivity contribution is 5.92. The average Bonchev–Trinajstić information content (AvgIpc) is 2.66. The van der Waals surface area contributed by atoms with E-state index < -0.39 is 0 Å². The molecule has 0 heterocycles. The highest BCUT2D eigenvalue weighted by Gasteiger charge is 2.21. The molecule has 0 saturated carbocycles. The monoisotopic (exact) mass is 240 g/mol. The molecule has 0 saturated heterocycles. The first-order valence-electron chi connectivity index (χ1n) is 6.33. The van der Waals surface area contributed by atoms with Crippen LogP contribution in [0.4, 0.5) is 0 Å². The first-order chi connectivity index (χ1) is 8.65. The van der Waals surface area contributed by atoms with Crippen molar-refractivity contribution in [2.24, 2.45) is 0 Å². The summed E-state index contributed by atoms with van der Waals surface area (Å²) < 4.78 is 5.09. The molecule has 0 bridgehead atoms. The SMILES string of the molecule is CC(=O)OCc1cc2c3c(cccc3c1)CC2C. The summed E-state index contributed by atoms with van der Waals surface area (Å²) >= 11 is 0. The Morgan fingerprint density at radius 2 is 2.22 bits per heavy atom. The van der Waals surface area contributed by atoms with Gasteiger partial charge in [0.1, 0.15) is 6.61 Å². The third-order valence-electron chi connectivity index (χ3n) is 3.65. The quantitative estimate of drug-likeness (QED) is 0.750. The molecular weight excluding hydrogens is 224 g/mol. The second-order valence-corrected chi connectivity index (χ2v) is 5.09. The van der Waals surface area contributed by atoms with Crippen LogP contribution in [0.5, 0.6) is 0 Å². The van der Waals surface area contributed by atoms with Crippen molar-refractivity contribution in [3.63, 3.8) is 0 Å². The van der Waals surface area contributed by atoms with Crippen LogP contribution in [0.25, 0.3) is 10.8 Å². The summed E-state index contributed by atoms with van der Waals surface area (Å²) in [7, 11) is 0. The summed E-state index contributed by atoms with van der Waals surface area (Å²) in [6.07, 6.45) is 1.11. The summed E-state index contributed by atoms with van der Waals surface area (Å²) in [5.74, 6) is 0.329. The van der Waals surface area contributed by atoms with Crippen molar-refractivity contribution in [3.05, 3.63) is 47.0 Å². The van der Waals surface area contributed by atoms with Crippen LogP contribution in [0, 0.1) is 0 Å². The number of esters is 1. The normalized spacial score (nSPS) is 17.1. The molecule has 0 aliphatic heterocycles. The molecule has 1 aliphatic rings. The van der Waals surface area contributed by atoms with Crippen LogP contribution in [-0.4, -0.2) is 5.97 Å².